The van der Waals surface area contributed by atoms with Crippen molar-refractivity contribution in [1.29, 1.82) is 0 Å². The van der Waals surface area contributed by atoms with Crippen LogP contribution in [-0.4, -0.2) is 16.6 Å². The number of nitrogens with two attached hydrogens (primary N) is 1. The molecule has 0 saturated heterocycles. The third-order valence-electron chi connectivity index (χ3n) is 3.91. The van der Waals surface area contributed by atoms with Gasteiger partial charge in [-0.2, -0.15) is 0 Å². The van der Waals surface area contributed by atoms with Gasteiger partial charge >= 0.3 is 0 Å². The van der Waals surface area contributed by atoms with Crippen molar-refractivity contribution >= 4 is 16.7 Å². The molecule has 0 aliphatic rings. The van der Waals surface area contributed by atoms with Crippen LogP contribution in [0.25, 0.3) is 11.0 Å². The molecule has 0 aliphatic carbocycles. The van der Waals surface area contributed by atoms with Crippen LogP contribution in [0.1, 0.15) is 31.2 Å². The van der Waals surface area contributed by atoms with Crippen LogP contribution in [0.15, 0.2) is 42.5 Å². The zero-order valence-corrected chi connectivity index (χ0v) is 14.0. The summed E-state index contributed by atoms with van der Waals surface area (Å²) in [6.07, 6.45) is 2.24. The molecule has 0 unspecified atom stereocenters. The molecule has 1 aromatic heterocycles. The molecule has 0 radical (unpaired) electrons. The van der Waals surface area contributed by atoms with Crippen LogP contribution in [0, 0.1) is 0 Å². The number of anilines is 1. The minimum absolute atomic E-state index is 0.421. The van der Waals surface area contributed by atoms with E-state index in [2.05, 4.69) is 40.4 Å². The Labute approximate surface area is 142 Å². The molecule has 2 aromatic carbocycles. The average molecular weight is 324 g/mol. The molecule has 4 N–H and O–H groups in total. The molecule has 5 heteroatoms. The van der Waals surface area contributed by atoms with Crippen LogP contribution >= 0.6 is 0 Å². The van der Waals surface area contributed by atoms with Crippen molar-refractivity contribution in [3.8, 4) is 5.75 Å². The van der Waals surface area contributed by atoms with Crippen molar-refractivity contribution in [3.05, 3.63) is 53.9 Å². The van der Waals surface area contributed by atoms with Crippen LogP contribution < -0.4 is 15.8 Å². The van der Waals surface area contributed by atoms with E-state index in [0.717, 1.165) is 54.3 Å². The van der Waals surface area contributed by atoms with Gasteiger partial charge in [0.2, 0.25) is 0 Å². The highest BCUT2D eigenvalue weighted by Gasteiger charge is 2.03. The summed E-state index contributed by atoms with van der Waals surface area (Å²) in [5.74, 6) is 1.74. The summed E-state index contributed by atoms with van der Waals surface area (Å²) < 4.78 is 5.68. The number of ether oxygens (including phenoxy) is 1. The molecule has 0 fully saturated rings. The third-order valence-corrected chi connectivity index (χ3v) is 3.91. The van der Waals surface area contributed by atoms with E-state index in [-0.39, 0.29) is 0 Å². The number of fused-ring (bicyclic) bond motifs is 1. The first-order valence-corrected chi connectivity index (χ1v) is 8.43. The Morgan fingerprint density at radius 1 is 1.17 bits per heavy atom. The predicted molar refractivity (Wildman–Crippen MR) is 98.2 cm³/mol. The highest BCUT2D eigenvalue weighted by Crippen LogP contribution is 2.19. The third kappa shape index (κ3) is 4.06. The number of benzene rings is 2. The Morgan fingerprint density at radius 2 is 2.00 bits per heavy atom. The topological polar surface area (TPSA) is 76.0 Å². The molecule has 5 nitrogen and oxygen atoms in total. The van der Waals surface area contributed by atoms with Gasteiger partial charge in [-0.25, -0.2) is 4.98 Å². The number of hydrogen-bond acceptors (Lipinski definition) is 4. The second kappa shape index (κ2) is 7.84. The largest absolute Gasteiger partial charge is 0.494 e. The molecule has 1 heterocycles. The number of nitrogens with one attached hydrogen (secondary N) is 2. The molecule has 0 aliphatic heterocycles. The zero-order chi connectivity index (χ0) is 16.8. The highest BCUT2D eigenvalue weighted by atomic mass is 16.5. The number of aromatic amines is 1. The van der Waals surface area contributed by atoms with Crippen LogP contribution in [0.2, 0.25) is 0 Å². The van der Waals surface area contributed by atoms with Crippen molar-refractivity contribution < 1.29 is 4.74 Å². The summed E-state index contributed by atoms with van der Waals surface area (Å²) >= 11 is 0. The molecule has 0 saturated carbocycles. The fourth-order valence-corrected chi connectivity index (χ4v) is 2.51. The first-order chi connectivity index (χ1) is 11.8. The van der Waals surface area contributed by atoms with E-state index in [1.807, 2.05) is 24.3 Å². The Kier molecular flexibility index (Phi) is 5.33. The highest BCUT2D eigenvalue weighted by molar-refractivity contribution is 5.79. The van der Waals surface area contributed by atoms with E-state index in [0.29, 0.717) is 6.54 Å². The number of imidazole rings is 1. The Bertz CT molecular complexity index is 780. The van der Waals surface area contributed by atoms with Crippen molar-refractivity contribution in [2.24, 2.45) is 5.73 Å². The second-order valence-corrected chi connectivity index (χ2v) is 5.82. The fraction of sp³-hybridized carbons (Fsp3) is 0.316. The number of hydrogen-bond donors (Lipinski definition) is 3. The Hall–Kier alpha value is -2.53. The number of unbranched alkanes of at least 4 members (excludes halogenated alkanes) is 1. The lowest BCUT2D eigenvalue weighted by molar-refractivity contribution is 0.309. The molecule has 3 aromatic rings. The molecular formula is C19H24N4O. The standard InChI is InChI=1S/C19H24N4O/c1-2-3-10-24-16-7-4-14(5-8-16)13-21-15-6-9-17-18(11-15)23-19(12-20)22-17/h4-9,11,21H,2-3,10,12-13,20H2,1H3,(H,22,23). The first kappa shape index (κ1) is 16.3. The van der Waals surface area contributed by atoms with Crippen LogP contribution in [0.5, 0.6) is 5.75 Å². The van der Waals surface area contributed by atoms with Crippen LogP contribution in [0.3, 0.4) is 0 Å². The number of rotatable bonds is 8. The van der Waals surface area contributed by atoms with Gasteiger partial charge in [-0.3, -0.25) is 0 Å². The van der Waals surface area contributed by atoms with Gasteiger partial charge in [0.1, 0.15) is 11.6 Å². The van der Waals surface area contributed by atoms with Gasteiger partial charge in [0.05, 0.1) is 24.2 Å². The molecule has 0 amide bonds. The maximum absolute atomic E-state index is 5.68. The van der Waals surface area contributed by atoms with Crippen molar-refractivity contribution in [3.63, 3.8) is 0 Å². The summed E-state index contributed by atoms with van der Waals surface area (Å²) in [4.78, 5) is 7.63. The first-order valence-electron chi connectivity index (χ1n) is 8.43. The van der Waals surface area contributed by atoms with E-state index < -0.39 is 0 Å². The monoisotopic (exact) mass is 324 g/mol. The molecule has 0 spiro atoms. The molecule has 126 valence electrons. The van der Waals surface area contributed by atoms with E-state index in [9.17, 15) is 0 Å². The lowest BCUT2D eigenvalue weighted by Crippen LogP contribution is -2.00. The molecular weight excluding hydrogens is 300 g/mol. The smallest absolute Gasteiger partial charge is 0.121 e. The van der Waals surface area contributed by atoms with Gasteiger partial charge in [-0.1, -0.05) is 25.5 Å². The molecule has 0 bridgehead atoms. The fourth-order valence-electron chi connectivity index (χ4n) is 2.51. The maximum Gasteiger partial charge on any atom is 0.121 e. The van der Waals surface area contributed by atoms with E-state index in [4.69, 9.17) is 10.5 Å². The van der Waals surface area contributed by atoms with Gasteiger partial charge in [0.25, 0.3) is 0 Å². The van der Waals surface area contributed by atoms with Crippen LogP contribution in [-0.2, 0) is 13.1 Å². The van der Waals surface area contributed by atoms with Crippen molar-refractivity contribution in [2.45, 2.75) is 32.9 Å². The van der Waals surface area contributed by atoms with E-state index in [1.165, 1.54) is 5.56 Å². The summed E-state index contributed by atoms with van der Waals surface area (Å²) in [5, 5.41) is 3.43. The summed E-state index contributed by atoms with van der Waals surface area (Å²) in [6, 6.07) is 14.3. The van der Waals surface area contributed by atoms with Crippen molar-refractivity contribution in [1.82, 2.24) is 9.97 Å². The molecule has 24 heavy (non-hydrogen) atoms. The lowest BCUT2D eigenvalue weighted by Gasteiger charge is -2.08. The van der Waals surface area contributed by atoms with Crippen LogP contribution in [0.4, 0.5) is 5.69 Å². The Balaban J connectivity index is 1.58. The number of H-pyrrole nitrogens is 1. The SMILES string of the molecule is CCCCOc1ccc(CNc2ccc3nc(CN)[nH]c3c2)cc1. The summed E-state index contributed by atoms with van der Waals surface area (Å²) in [5.41, 5.74) is 9.82. The van der Waals surface area contributed by atoms with E-state index >= 15 is 0 Å². The number of nitrogens with zero attached hydrogens (tertiary/aromatic N) is 1. The molecule has 0 atom stereocenters. The van der Waals surface area contributed by atoms with E-state index in [1.54, 1.807) is 0 Å². The van der Waals surface area contributed by atoms with Gasteiger partial charge in [-0.05, 0) is 42.3 Å². The summed E-state index contributed by atoms with van der Waals surface area (Å²) in [6.45, 7) is 4.13. The maximum atomic E-state index is 5.68. The predicted octanol–water partition coefficient (Wildman–Crippen LogP) is 3.81. The van der Waals surface area contributed by atoms with Gasteiger partial charge in [0, 0.05) is 12.2 Å². The normalized spacial score (nSPS) is 10.9. The van der Waals surface area contributed by atoms with Crippen molar-refractivity contribution in [2.75, 3.05) is 11.9 Å². The lowest BCUT2D eigenvalue weighted by atomic mass is 10.2. The van der Waals surface area contributed by atoms with Gasteiger partial charge in [0.15, 0.2) is 0 Å². The summed E-state index contributed by atoms with van der Waals surface area (Å²) in [7, 11) is 0. The van der Waals surface area contributed by atoms with Gasteiger partial charge in [-0.15, -0.1) is 0 Å². The Morgan fingerprint density at radius 3 is 2.75 bits per heavy atom. The zero-order valence-electron chi connectivity index (χ0n) is 14.0. The minimum Gasteiger partial charge on any atom is -0.494 e. The van der Waals surface area contributed by atoms with Gasteiger partial charge < -0.3 is 20.8 Å². The molecule has 3 rings (SSSR count). The quantitative estimate of drug-likeness (QED) is 0.551. The second-order valence-electron chi connectivity index (χ2n) is 5.82. The minimum atomic E-state index is 0.421. The number of aromatic nitrogens is 2. The average Bonchev–Trinajstić information content (AvgIpc) is 3.04.